The van der Waals surface area contributed by atoms with Crippen LogP contribution >= 0.6 is 11.6 Å². The predicted molar refractivity (Wildman–Crippen MR) is 84.8 cm³/mol. The molecule has 0 aliphatic carbocycles. The van der Waals surface area contributed by atoms with Gasteiger partial charge in [-0.15, -0.1) is 0 Å². The third kappa shape index (κ3) is 2.63. The quantitative estimate of drug-likeness (QED) is 0.847. The van der Waals surface area contributed by atoms with Crippen LogP contribution in [0, 0.1) is 6.92 Å². The smallest absolute Gasteiger partial charge is 0.322 e. The van der Waals surface area contributed by atoms with E-state index in [1.807, 2.05) is 30.0 Å². The van der Waals surface area contributed by atoms with Gasteiger partial charge >= 0.3 is 6.03 Å². The molecule has 21 heavy (non-hydrogen) atoms. The third-order valence-corrected chi connectivity index (χ3v) is 4.28. The summed E-state index contributed by atoms with van der Waals surface area (Å²) in [4.78, 5) is 14.4. The molecule has 3 rings (SSSR count). The highest BCUT2D eigenvalue weighted by atomic mass is 35.5. The number of aromatic nitrogens is 1. The Kier molecular flexibility index (Phi) is 3.64. The first-order valence-electron chi connectivity index (χ1n) is 7.05. The summed E-state index contributed by atoms with van der Waals surface area (Å²) in [5.41, 5.74) is 2.93. The lowest BCUT2D eigenvalue weighted by atomic mass is 10.1. The summed E-state index contributed by atoms with van der Waals surface area (Å²) in [5.74, 6) is 0. The van der Waals surface area contributed by atoms with Crippen molar-refractivity contribution in [2.24, 2.45) is 0 Å². The van der Waals surface area contributed by atoms with Gasteiger partial charge in [-0.3, -0.25) is 0 Å². The number of aryl methyl sites for hydroxylation is 1. The summed E-state index contributed by atoms with van der Waals surface area (Å²) in [6, 6.07) is 9.58. The van der Waals surface area contributed by atoms with Crippen molar-refractivity contribution in [3.63, 3.8) is 0 Å². The monoisotopic (exact) mass is 303 g/mol. The van der Waals surface area contributed by atoms with E-state index >= 15 is 0 Å². The van der Waals surface area contributed by atoms with Crippen LogP contribution in [-0.2, 0) is 6.54 Å². The molecule has 1 atom stereocenters. The average molecular weight is 304 g/mol. The molecule has 1 aliphatic rings. The number of anilines is 1. The van der Waals surface area contributed by atoms with Gasteiger partial charge in [0.15, 0.2) is 0 Å². The summed E-state index contributed by atoms with van der Waals surface area (Å²) in [7, 11) is 0. The minimum absolute atomic E-state index is 0.0632. The molecule has 1 N–H and O–H groups in total. The van der Waals surface area contributed by atoms with E-state index in [0.29, 0.717) is 11.6 Å². The Labute approximate surface area is 129 Å². The van der Waals surface area contributed by atoms with Crippen molar-refractivity contribution in [2.45, 2.75) is 26.4 Å². The van der Waals surface area contributed by atoms with E-state index in [9.17, 15) is 4.79 Å². The Morgan fingerprint density at radius 3 is 2.95 bits per heavy atom. The van der Waals surface area contributed by atoms with Crippen LogP contribution in [0.5, 0.6) is 0 Å². The number of hydrogen-bond acceptors (Lipinski definition) is 1. The van der Waals surface area contributed by atoms with Crippen molar-refractivity contribution in [1.29, 1.82) is 0 Å². The van der Waals surface area contributed by atoms with Crippen LogP contribution in [-0.4, -0.2) is 22.0 Å². The second-order valence-corrected chi connectivity index (χ2v) is 5.82. The first-order chi connectivity index (χ1) is 10.1. The molecule has 4 nitrogen and oxygen atoms in total. The Morgan fingerprint density at radius 2 is 2.14 bits per heavy atom. The van der Waals surface area contributed by atoms with Crippen LogP contribution in [0.2, 0.25) is 5.02 Å². The Hall–Kier alpha value is -1.94. The Bertz CT molecular complexity index is 680. The zero-order chi connectivity index (χ0) is 15.0. The van der Waals surface area contributed by atoms with Crippen molar-refractivity contribution < 1.29 is 4.79 Å². The van der Waals surface area contributed by atoms with Gasteiger partial charge in [0, 0.05) is 35.7 Å². The third-order valence-electron chi connectivity index (χ3n) is 4.04. The van der Waals surface area contributed by atoms with Crippen LogP contribution < -0.4 is 5.32 Å². The van der Waals surface area contributed by atoms with Crippen molar-refractivity contribution >= 4 is 23.3 Å². The van der Waals surface area contributed by atoms with Gasteiger partial charge in [0.2, 0.25) is 0 Å². The molecule has 0 unspecified atom stereocenters. The molecule has 2 aromatic rings. The molecule has 1 aromatic carbocycles. The minimum Gasteiger partial charge on any atom is -0.348 e. The molecular weight excluding hydrogens is 286 g/mol. The molecule has 0 saturated heterocycles. The van der Waals surface area contributed by atoms with Gasteiger partial charge in [0.1, 0.15) is 0 Å². The summed E-state index contributed by atoms with van der Waals surface area (Å²) in [6.07, 6.45) is 2.06. The molecule has 0 radical (unpaired) electrons. The van der Waals surface area contributed by atoms with Crippen LogP contribution in [0.1, 0.15) is 24.2 Å². The van der Waals surface area contributed by atoms with Gasteiger partial charge in [-0.05, 0) is 43.7 Å². The van der Waals surface area contributed by atoms with Gasteiger partial charge < -0.3 is 14.8 Å². The van der Waals surface area contributed by atoms with E-state index in [2.05, 4.69) is 29.1 Å². The molecule has 110 valence electrons. The summed E-state index contributed by atoms with van der Waals surface area (Å²) in [5, 5.41) is 3.59. The number of fused-ring (bicyclic) bond motifs is 1. The van der Waals surface area contributed by atoms with Crippen molar-refractivity contribution in [2.75, 3.05) is 11.9 Å². The lowest BCUT2D eigenvalue weighted by Crippen LogP contribution is -2.43. The van der Waals surface area contributed by atoms with Crippen LogP contribution in [0.4, 0.5) is 10.5 Å². The number of rotatable bonds is 1. The van der Waals surface area contributed by atoms with Crippen molar-refractivity contribution in [3.05, 3.63) is 52.8 Å². The largest absolute Gasteiger partial charge is 0.348 e. The van der Waals surface area contributed by atoms with E-state index in [4.69, 9.17) is 11.6 Å². The molecule has 0 saturated carbocycles. The van der Waals surface area contributed by atoms with E-state index in [-0.39, 0.29) is 12.1 Å². The molecule has 0 fully saturated rings. The highest BCUT2D eigenvalue weighted by Gasteiger charge is 2.27. The maximum absolute atomic E-state index is 12.5. The minimum atomic E-state index is -0.0830. The number of urea groups is 1. The Morgan fingerprint density at radius 1 is 1.33 bits per heavy atom. The SMILES string of the molecule is Cc1ccc(Cl)cc1NC(=O)N1CCn2cccc2[C@@H]1C. The fraction of sp³-hybridized carbons (Fsp3) is 0.312. The average Bonchev–Trinajstić information content (AvgIpc) is 2.92. The van der Waals surface area contributed by atoms with E-state index in [1.165, 1.54) is 5.69 Å². The lowest BCUT2D eigenvalue weighted by Gasteiger charge is -2.35. The zero-order valence-corrected chi connectivity index (χ0v) is 12.9. The van der Waals surface area contributed by atoms with Gasteiger partial charge in [-0.2, -0.15) is 0 Å². The molecule has 1 aromatic heterocycles. The van der Waals surface area contributed by atoms with E-state index < -0.39 is 0 Å². The van der Waals surface area contributed by atoms with Gasteiger partial charge in [0.05, 0.1) is 6.04 Å². The van der Waals surface area contributed by atoms with Crippen LogP contribution in [0.15, 0.2) is 36.5 Å². The highest BCUT2D eigenvalue weighted by molar-refractivity contribution is 6.31. The molecule has 2 amide bonds. The standard InChI is InChI=1S/C16H18ClN3O/c1-11-5-6-13(17)10-14(11)18-16(21)20-9-8-19-7-3-4-15(19)12(20)2/h3-7,10,12H,8-9H2,1-2H3,(H,18,21)/t12-/m0/s1. The second kappa shape index (κ2) is 5.45. The van der Waals surface area contributed by atoms with Gasteiger partial charge in [-0.25, -0.2) is 4.79 Å². The molecule has 0 bridgehead atoms. The number of nitrogens with zero attached hydrogens (tertiary/aromatic N) is 2. The molecule has 2 heterocycles. The topological polar surface area (TPSA) is 37.3 Å². The maximum atomic E-state index is 12.5. The fourth-order valence-corrected chi connectivity index (χ4v) is 2.94. The Balaban J connectivity index is 1.79. The molecule has 1 aliphatic heterocycles. The lowest BCUT2D eigenvalue weighted by molar-refractivity contribution is 0.175. The number of carbonyl (C=O) groups is 1. The number of carbonyl (C=O) groups excluding carboxylic acids is 1. The number of nitrogens with one attached hydrogen (secondary N) is 1. The normalized spacial score (nSPS) is 17.5. The number of hydrogen-bond donors (Lipinski definition) is 1. The maximum Gasteiger partial charge on any atom is 0.322 e. The number of halogens is 1. The van der Waals surface area contributed by atoms with Crippen LogP contribution in [0.3, 0.4) is 0 Å². The van der Waals surface area contributed by atoms with E-state index in [0.717, 1.165) is 17.8 Å². The summed E-state index contributed by atoms with van der Waals surface area (Å²) < 4.78 is 2.19. The molecule has 5 heteroatoms. The second-order valence-electron chi connectivity index (χ2n) is 5.39. The number of benzene rings is 1. The summed E-state index contributed by atoms with van der Waals surface area (Å²) >= 11 is 6.00. The van der Waals surface area contributed by atoms with Crippen LogP contribution in [0.25, 0.3) is 0 Å². The first-order valence-corrected chi connectivity index (χ1v) is 7.43. The number of amides is 2. The van der Waals surface area contributed by atoms with Gasteiger partial charge in [-0.1, -0.05) is 17.7 Å². The predicted octanol–water partition coefficient (Wildman–Crippen LogP) is 4.06. The van der Waals surface area contributed by atoms with E-state index in [1.54, 1.807) is 6.07 Å². The zero-order valence-electron chi connectivity index (χ0n) is 12.1. The first kappa shape index (κ1) is 14.0. The van der Waals surface area contributed by atoms with Crippen molar-refractivity contribution in [1.82, 2.24) is 9.47 Å². The molecular formula is C16H18ClN3O. The fourth-order valence-electron chi connectivity index (χ4n) is 2.77. The molecule has 0 spiro atoms. The highest BCUT2D eigenvalue weighted by Crippen LogP contribution is 2.27. The van der Waals surface area contributed by atoms with Crippen molar-refractivity contribution in [3.8, 4) is 0 Å². The summed E-state index contributed by atoms with van der Waals surface area (Å²) in [6.45, 7) is 5.54. The van der Waals surface area contributed by atoms with Gasteiger partial charge in [0.25, 0.3) is 0 Å².